The van der Waals surface area contributed by atoms with Gasteiger partial charge in [0, 0.05) is 26.9 Å². The molecule has 0 bridgehead atoms. The van der Waals surface area contributed by atoms with Gasteiger partial charge in [-0.3, -0.25) is 0 Å². The molecule has 1 aliphatic rings. The minimum absolute atomic E-state index is 0.822. The molecule has 0 fully saturated rings. The van der Waals surface area contributed by atoms with E-state index < -0.39 is 9.05 Å². The third-order valence-corrected chi connectivity index (χ3v) is 5.04. The zero-order valence-corrected chi connectivity index (χ0v) is 12.1. The van der Waals surface area contributed by atoms with Crippen LogP contribution in [0.5, 0.6) is 0 Å². The number of benzene rings is 1. The molecule has 0 atom stereocenters. The fourth-order valence-corrected chi connectivity index (χ4v) is 3.42. The standard InChI is InChI=1S/C13H18O4Si/c1-10-9-11-7-5-6-8-12(11)13(10)17-18(14-2,15-3)16-4/h5-8H,9H2,1-4H3. The van der Waals surface area contributed by atoms with Crippen molar-refractivity contribution < 1.29 is 17.7 Å². The van der Waals surface area contributed by atoms with Crippen LogP contribution in [0.25, 0.3) is 5.76 Å². The van der Waals surface area contributed by atoms with Crippen molar-refractivity contribution in [2.45, 2.75) is 13.3 Å². The first-order chi connectivity index (χ1) is 8.65. The third kappa shape index (κ3) is 2.22. The van der Waals surface area contributed by atoms with Crippen molar-refractivity contribution in [3.8, 4) is 0 Å². The van der Waals surface area contributed by atoms with E-state index >= 15 is 0 Å². The predicted octanol–water partition coefficient (Wildman–Crippen LogP) is 2.37. The number of fused-ring (bicyclic) bond motifs is 1. The Morgan fingerprint density at radius 2 is 1.61 bits per heavy atom. The summed E-state index contributed by atoms with van der Waals surface area (Å²) in [5.74, 6) is 0.822. The fraction of sp³-hybridized carbons (Fsp3) is 0.385. The Morgan fingerprint density at radius 1 is 1.00 bits per heavy atom. The molecule has 0 saturated heterocycles. The first kappa shape index (κ1) is 13.3. The second-order valence-corrected chi connectivity index (χ2v) is 6.59. The summed E-state index contributed by atoms with van der Waals surface area (Å²) in [5, 5.41) is 0. The summed E-state index contributed by atoms with van der Waals surface area (Å²) in [7, 11) is 1.56. The number of hydrogen-bond acceptors (Lipinski definition) is 4. The van der Waals surface area contributed by atoms with E-state index in [9.17, 15) is 0 Å². The van der Waals surface area contributed by atoms with Gasteiger partial charge in [-0.05, 0) is 24.5 Å². The van der Waals surface area contributed by atoms with E-state index in [1.54, 1.807) is 0 Å². The van der Waals surface area contributed by atoms with Gasteiger partial charge in [0.2, 0.25) is 0 Å². The molecular formula is C13H18O4Si. The lowest BCUT2D eigenvalue weighted by Gasteiger charge is -2.25. The van der Waals surface area contributed by atoms with E-state index in [1.165, 1.54) is 32.5 Å². The Hall–Kier alpha value is -1.14. The zero-order valence-electron chi connectivity index (χ0n) is 11.1. The average Bonchev–Trinajstić information content (AvgIpc) is 2.72. The number of allylic oxidation sites excluding steroid dienone is 1. The Balaban J connectivity index is 2.32. The van der Waals surface area contributed by atoms with Gasteiger partial charge in [0.05, 0.1) is 0 Å². The minimum atomic E-state index is -3.05. The van der Waals surface area contributed by atoms with Crippen molar-refractivity contribution in [2.24, 2.45) is 0 Å². The maximum absolute atomic E-state index is 5.94. The molecule has 0 spiro atoms. The topological polar surface area (TPSA) is 36.9 Å². The van der Waals surface area contributed by atoms with Gasteiger partial charge in [-0.25, -0.2) is 0 Å². The highest BCUT2D eigenvalue weighted by atomic mass is 28.4. The molecule has 18 heavy (non-hydrogen) atoms. The van der Waals surface area contributed by atoms with Crippen molar-refractivity contribution in [3.05, 3.63) is 41.0 Å². The Morgan fingerprint density at radius 3 is 2.22 bits per heavy atom. The van der Waals surface area contributed by atoms with E-state index in [-0.39, 0.29) is 0 Å². The SMILES string of the molecule is CO[Si](OC)(OC)OC1=C(C)Cc2ccccc21. The molecule has 1 aromatic rings. The fourth-order valence-electron chi connectivity index (χ4n) is 2.13. The summed E-state index contributed by atoms with van der Waals surface area (Å²) in [4.78, 5) is 0. The van der Waals surface area contributed by atoms with Crippen molar-refractivity contribution in [1.29, 1.82) is 0 Å². The summed E-state index contributed by atoms with van der Waals surface area (Å²) in [6.07, 6.45) is 0.896. The molecule has 0 aliphatic heterocycles. The Kier molecular flexibility index (Phi) is 3.87. The van der Waals surface area contributed by atoms with E-state index in [0.717, 1.165) is 17.7 Å². The molecule has 0 aromatic heterocycles. The number of hydrogen-bond donors (Lipinski definition) is 0. The smallest absolute Gasteiger partial charge is 0.480 e. The predicted molar refractivity (Wildman–Crippen MR) is 70.6 cm³/mol. The quantitative estimate of drug-likeness (QED) is 0.767. The van der Waals surface area contributed by atoms with Gasteiger partial charge in [-0.1, -0.05) is 24.3 Å². The average molecular weight is 266 g/mol. The van der Waals surface area contributed by atoms with Crippen molar-refractivity contribution in [2.75, 3.05) is 21.3 Å². The van der Waals surface area contributed by atoms with Crippen LogP contribution >= 0.6 is 0 Å². The molecule has 98 valence electrons. The number of rotatable bonds is 5. The summed E-state index contributed by atoms with van der Waals surface area (Å²) >= 11 is 0. The monoisotopic (exact) mass is 266 g/mol. The lowest BCUT2D eigenvalue weighted by Crippen LogP contribution is -2.45. The highest BCUT2D eigenvalue weighted by Gasteiger charge is 2.47. The molecule has 0 radical (unpaired) electrons. The van der Waals surface area contributed by atoms with Crippen LogP contribution in [0.15, 0.2) is 29.8 Å². The molecule has 5 heteroatoms. The molecule has 1 aliphatic carbocycles. The van der Waals surface area contributed by atoms with Crippen LogP contribution in [0.2, 0.25) is 0 Å². The molecular weight excluding hydrogens is 248 g/mol. The van der Waals surface area contributed by atoms with Gasteiger partial charge < -0.3 is 17.7 Å². The van der Waals surface area contributed by atoms with Crippen LogP contribution < -0.4 is 0 Å². The first-order valence-corrected chi connectivity index (χ1v) is 7.41. The Bertz CT molecular complexity index is 458. The van der Waals surface area contributed by atoms with Crippen LogP contribution in [0.1, 0.15) is 18.1 Å². The zero-order chi connectivity index (χ0) is 13.2. The maximum Gasteiger partial charge on any atom is 0.748 e. The van der Waals surface area contributed by atoms with E-state index in [4.69, 9.17) is 17.7 Å². The Labute approximate surface area is 109 Å². The lowest BCUT2D eigenvalue weighted by molar-refractivity contribution is 0.0410. The van der Waals surface area contributed by atoms with Crippen molar-refractivity contribution in [1.82, 2.24) is 0 Å². The lowest BCUT2D eigenvalue weighted by atomic mass is 10.1. The van der Waals surface area contributed by atoms with Crippen LogP contribution in [-0.4, -0.2) is 30.4 Å². The van der Waals surface area contributed by atoms with E-state index in [2.05, 4.69) is 13.0 Å². The normalized spacial score (nSPS) is 14.9. The van der Waals surface area contributed by atoms with Gasteiger partial charge in [0.25, 0.3) is 0 Å². The maximum atomic E-state index is 5.94. The summed E-state index contributed by atoms with van der Waals surface area (Å²) in [5.41, 5.74) is 3.52. The molecule has 0 saturated carbocycles. The van der Waals surface area contributed by atoms with Crippen LogP contribution in [0.4, 0.5) is 0 Å². The second-order valence-electron chi connectivity index (χ2n) is 4.16. The highest BCUT2D eigenvalue weighted by molar-refractivity contribution is 6.54. The van der Waals surface area contributed by atoms with Gasteiger partial charge in [-0.2, -0.15) is 0 Å². The van der Waals surface area contributed by atoms with Crippen LogP contribution in [0.3, 0.4) is 0 Å². The largest absolute Gasteiger partial charge is 0.748 e. The molecule has 2 rings (SSSR count). The van der Waals surface area contributed by atoms with Gasteiger partial charge >= 0.3 is 9.05 Å². The third-order valence-electron chi connectivity index (χ3n) is 3.08. The molecule has 0 unspecified atom stereocenters. The van der Waals surface area contributed by atoms with Gasteiger partial charge in [-0.15, -0.1) is 0 Å². The second kappa shape index (κ2) is 5.24. The van der Waals surface area contributed by atoms with Crippen LogP contribution in [0, 0.1) is 0 Å². The molecule has 4 nitrogen and oxygen atoms in total. The summed E-state index contributed by atoms with van der Waals surface area (Å²) < 4.78 is 21.8. The van der Waals surface area contributed by atoms with Crippen molar-refractivity contribution in [3.63, 3.8) is 0 Å². The van der Waals surface area contributed by atoms with Crippen molar-refractivity contribution >= 4 is 14.8 Å². The summed E-state index contributed by atoms with van der Waals surface area (Å²) in [6, 6.07) is 8.17. The summed E-state index contributed by atoms with van der Waals surface area (Å²) in [6.45, 7) is 2.05. The molecule has 0 heterocycles. The first-order valence-electron chi connectivity index (χ1n) is 5.78. The van der Waals surface area contributed by atoms with Gasteiger partial charge in [0.15, 0.2) is 0 Å². The molecule has 0 N–H and O–H groups in total. The highest BCUT2D eigenvalue weighted by Crippen LogP contribution is 2.35. The minimum Gasteiger partial charge on any atom is -0.480 e. The van der Waals surface area contributed by atoms with E-state index in [0.29, 0.717) is 0 Å². The molecule has 1 aromatic carbocycles. The van der Waals surface area contributed by atoms with Crippen LogP contribution in [-0.2, 0) is 24.1 Å². The molecule has 0 amide bonds. The van der Waals surface area contributed by atoms with Gasteiger partial charge in [0.1, 0.15) is 5.76 Å². The van der Waals surface area contributed by atoms with E-state index in [1.807, 2.05) is 18.2 Å².